The van der Waals surface area contributed by atoms with Crippen LogP contribution in [0.2, 0.25) is 0 Å². The standard InChI is InChI=1S/C20H33N3OS/c1-15(2)24-19-8-6-18(7-9-19)22-20(25)21-10-5-11-23-13-16(3)12-17(4)14-23/h6-9,15-17H,5,10-14H2,1-4H3,(H2,21,22,25)/t16-,17-/m1/s1. The molecule has 2 N–H and O–H groups in total. The second-order valence-corrected chi connectivity index (χ2v) is 8.04. The molecule has 0 spiro atoms. The van der Waals surface area contributed by atoms with Crippen LogP contribution >= 0.6 is 12.2 Å². The molecule has 1 heterocycles. The van der Waals surface area contributed by atoms with Crippen LogP contribution < -0.4 is 15.4 Å². The van der Waals surface area contributed by atoms with Crippen molar-refractivity contribution >= 4 is 23.0 Å². The van der Waals surface area contributed by atoms with Crippen molar-refractivity contribution in [3.05, 3.63) is 24.3 Å². The molecule has 1 aliphatic rings. The summed E-state index contributed by atoms with van der Waals surface area (Å²) in [6.45, 7) is 13.3. The lowest BCUT2D eigenvalue weighted by atomic mass is 9.92. The van der Waals surface area contributed by atoms with Crippen molar-refractivity contribution in [2.75, 3.05) is 31.5 Å². The highest BCUT2D eigenvalue weighted by Gasteiger charge is 2.20. The Morgan fingerprint density at radius 2 is 1.84 bits per heavy atom. The van der Waals surface area contributed by atoms with E-state index < -0.39 is 0 Å². The Hall–Kier alpha value is -1.33. The number of likely N-dealkylation sites (tertiary alicyclic amines) is 1. The Kier molecular flexibility index (Phi) is 7.97. The number of piperidine rings is 1. The molecule has 25 heavy (non-hydrogen) atoms. The van der Waals surface area contributed by atoms with Gasteiger partial charge >= 0.3 is 0 Å². The molecule has 0 aliphatic carbocycles. The predicted octanol–water partition coefficient (Wildman–Crippen LogP) is 4.13. The second kappa shape index (κ2) is 9.97. The summed E-state index contributed by atoms with van der Waals surface area (Å²) in [5, 5.41) is 7.21. The smallest absolute Gasteiger partial charge is 0.170 e. The summed E-state index contributed by atoms with van der Waals surface area (Å²) in [6.07, 6.45) is 2.67. The quantitative estimate of drug-likeness (QED) is 0.563. The van der Waals surface area contributed by atoms with Gasteiger partial charge in [0.25, 0.3) is 0 Å². The third-order valence-corrected chi connectivity index (χ3v) is 4.61. The van der Waals surface area contributed by atoms with Gasteiger partial charge in [-0.05, 0) is 81.6 Å². The van der Waals surface area contributed by atoms with E-state index in [9.17, 15) is 0 Å². The minimum Gasteiger partial charge on any atom is -0.491 e. The molecule has 4 nitrogen and oxygen atoms in total. The molecular formula is C20H33N3OS. The molecule has 0 bridgehead atoms. The van der Waals surface area contributed by atoms with Gasteiger partial charge in [-0.1, -0.05) is 13.8 Å². The molecule has 140 valence electrons. The molecule has 2 rings (SSSR count). The summed E-state index contributed by atoms with van der Waals surface area (Å²) in [5.41, 5.74) is 0.979. The summed E-state index contributed by atoms with van der Waals surface area (Å²) in [4.78, 5) is 2.59. The topological polar surface area (TPSA) is 36.5 Å². The normalized spacial score (nSPS) is 21.2. The lowest BCUT2D eigenvalue weighted by Crippen LogP contribution is -2.40. The summed E-state index contributed by atoms with van der Waals surface area (Å²) >= 11 is 5.38. The lowest BCUT2D eigenvalue weighted by molar-refractivity contribution is 0.140. The first-order chi connectivity index (χ1) is 11.9. The molecule has 0 aromatic heterocycles. The van der Waals surface area contributed by atoms with Gasteiger partial charge in [-0.3, -0.25) is 0 Å². The molecule has 1 aliphatic heterocycles. The average Bonchev–Trinajstić information content (AvgIpc) is 2.52. The van der Waals surface area contributed by atoms with Gasteiger partial charge in [-0.25, -0.2) is 0 Å². The monoisotopic (exact) mass is 363 g/mol. The number of nitrogens with one attached hydrogen (secondary N) is 2. The fourth-order valence-electron chi connectivity index (χ4n) is 3.54. The Labute approximate surface area is 158 Å². The van der Waals surface area contributed by atoms with Gasteiger partial charge in [0.2, 0.25) is 0 Å². The van der Waals surface area contributed by atoms with Gasteiger partial charge in [-0.2, -0.15) is 0 Å². The van der Waals surface area contributed by atoms with Gasteiger partial charge in [0.1, 0.15) is 5.75 Å². The van der Waals surface area contributed by atoms with Crippen molar-refractivity contribution in [3.8, 4) is 5.75 Å². The number of anilines is 1. The van der Waals surface area contributed by atoms with E-state index in [0.29, 0.717) is 5.11 Å². The number of nitrogens with zero attached hydrogens (tertiary/aromatic N) is 1. The number of thiocarbonyl (C=S) groups is 1. The van der Waals surface area contributed by atoms with Crippen LogP contribution in [0.1, 0.15) is 40.5 Å². The summed E-state index contributed by atoms with van der Waals surface area (Å²) in [6, 6.07) is 7.90. The molecule has 1 saturated heterocycles. The minimum atomic E-state index is 0.187. The van der Waals surface area contributed by atoms with Gasteiger partial charge < -0.3 is 20.3 Å². The third-order valence-electron chi connectivity index (χ3n) is 4.37. The highest BCUT2D eigenvalue weighted by molar-refractivity contribution is 7.80. The zero-order chi connectivity index (χ0) is 18.2. The van der Waals surface area contributed by atoms with E-state index in [0.717, 1.165) is 42.8 Å². The first-order valence-corrected chi connectivity index (χ1v) is 9.87. The Morgan fingerprint density at radius 3 is 2.44 bits per heavy atom. The largest absolute Gasteiger partial charge is 0.491 e. The van der Waals surface area contributed by atoms with E-state index in [1.807, 2.05) is 38.1 Å². The van der Waals surface area contributed by atoms with Gasteiger partial charge in [-0.15, -0.1) is 0 Å². The zero-order valence-corrected chi connectivity index (χ0v) is 16.9. The van der Waals surface area contributed by atoms with E-state index in [2.05, 4.69) is 29.4 Å². The van der Waals surface area contributed by atoms with E-state index in [1.54, 1.807) is 0 Å². The summed E-state index contributed by atoms with van der Waals surface area (Å²) in [7, 11) is 0. The highest BCUT2D eigenvalue weighted by Crippen LogP contribution is 2.20. The van der Waals surface area contributed by atoms with Crippen LogP contribution in [0.15, 0.2) is 24.3 Å². The maximum atomic E-state index is 5.65. The van der Waals surface area contributed by atoms with Crippen LogP contribution in [-0.2, 0) is 0 Å². The number of benzene rings is 1. The third kappa shape index (κ3) is 7.61. The SMILES string of the molecule is CC(C)Oc1ccc(NC(=S)NCCCN2C[C@H](C)C[C@@H](C)C2)cc1. The van der Waals surface area contributed by atoms with Crippen molar-refractivity contribution in [2.24, 2.45) is 11.8 Å². The predicted molar refractivity (Wildman–Crippen MR) is 110 cm³/mol. The average molecular weight is 364 g/mol. The fourth-order valence-corrected chi connectivity index (χ4v) is 3.76. The number of rotatable bonds is 7. The van der Waals surface area contributed by atoms with Gasteiger partial charge in [0, 0.05) is 25.3 Å². The Morgan fingerprint density at radius 1 is 1.20 bits per heavy atom. The Balaban J connectivity index is 1.63. The fraction of sp³-hybridized carbons (Fsp3) is 0.650. The highest BCUT2D eigenvalue weighted by atomic mass is 32.1. The zero-order valence-electron chi connectivity index (χ0n) is 16.0. The summed E-state index contributed by atoms with van der Waals surface area (Å²) < 4.78 is 5.65. The van der Waals surface area contributed by atoms with Crippen molar-refractivity contribution in [2.45, 2.75) is 46.6 Å². The molecule has 5 heteroatoms. The lowest BCUT2D eigenvalue weighted by Gasteiger charge is -2.34. The van der Waals surface area contributed by atoms with Crippen LogP contribution in [0, 0.1) is 11.8 Å². The molecule has 0 unspecified atom stereocenters. The first kappa shape index (κ1) is 20.0. The maximum Gasteiger partial charge on any atom is 0.170 e. The van der Waals surface area contributed by atoms with Gasteiger partial charge in [0.05, 0.1) is 6.10 Å². The molecule has 2 atom stereocenters. The van der Waals surface area contributed by atoms with Crippen LogP contribution in [0.4, 0.5) is 5.69 Å². The van der Waals surface area contributed by atoms with Crippen molar-refractivity contribution in [1.82, 2.24) is 10.2 Å². The second-order valence-electron chi connectivity index (χ2n) is 7.63. The number of ether oxygens (including phenoxy) is 1. The van der Waals surface area contributed by atoms with Crippen LogP contribution in [0.3, 0.4) is 0 Å². The number of hydrogen-bond acceptors (Lipinski definition) is 3. The van der Waals surface area contributed by atoms with Crippen molar-refractivity contribution in [1.29, 1.82) is 0 Å². The van der Waals surface area contributed by atoms with Crippen molar-refractivity contribution in [3.63, 3.8) is 0 Å². The van der Waals surface area contributed by atoms with Crippen LogP contribution in [0.25, 0.3) is 0 Å². The first-order valence-electron chi connectivity index (χ1n) is 9.46. The molecule has 0 radical (unpaired) electrons. The number of hydrogen-bond donors (Lipinski definition) is 2. The molecule has 1 aromatic rings. The van der Waals surface area contributed by atoms with Crippen LogP contribution in [0.5, 0.6) is 5.75 Å². The molecule has 1 aromatic carbocycles. The molecule has 0 saturated carbocycles. The van der Waals surface area contributed by atoms with Crippen molar-refractivity contribution < 1.29 is 4.74 Å². The minimum absolute atomic E-state index is 0.187. The molecule has 0 amide bonds. The van der Waals surface area contributed by atoms with E-state index >= 15 is 0 Å². The Bertz CT molecular complexity index is 522. The van der Waals surface area contributed by atoms with E-state index in [-0.39, 0.29) is 6.10 Å². The van der Waals surface area contributed by atoms with Gasteiger partial charge in [0.15, 0.2) is 5.11 Å². The molecular weight excluding hydrogens is 330 g/mol. The summed E-state index contributed by atoms with van der Waals surface area (Å²) in [5.74, 6) is 2.52. The maximum absolute atomic E-state index is 5.65. The van der Waals surface area contributed by atoms with Crippen LogP contribution in [-0.4, -0.2) is 42.3 Å². The molecule has 1 fully saturated rings. The van der Waals surface area contributed by atoms with E-state index in [1.165, 1.54) is 19.5 Å². The van der Waals surface area contributed by atoms with E-state index in [4.69, 9.17) is 17.0 Å².